The van der Waals surface area contributed by atoms with Gasteiger partial charge in [-0.15, -0.1) is 0 Å². The molecule has 1 saturated carbocycles. The van der Waals surface area contributed by atoms with E-state index < -0.39 is 5.54 Å². The summed E-state index contributed by atoms with van der Waals surface area (Å²) in [4.78, 5) is 36.4. The number of nitrogens with one attached hydrogen (secondary N) is 3. The summed E-state index contributed by atoms with van der Waals surface area (Å²) >= 11 is 0. The van der Waals surface area contributed by atoms with Crippen LogP contribution in [0.1, 0.15) is 39.5 Å². The fraction of sp³-hybridized carbons (Fsp3) is 0.769. The monoisotopic (exact) mass is 282 g/mol. The molecule has 0 aromatic carbocycles. The molecule has 7 heteroatoms. The Balaban J connectivity index is 1.69. The number of hydrogen-bond acceptors (Lipinski definition) is 3. The molecule has 1 atom stereocenters. The lowest BCUT2D eigenvalue weighted by atomic mass is 9.99. The minimum Gasteiger partial charge on any atom is -0.338 e. The van der Waals surface area contributed by atoms with E-state index in [1.54, 1.807) is 6.92 Å². The summed E-state index contributed by atoms with van der Waals surface area (Å²) in [5, 5.41) is 8.24. The highest BCUT2D eigenvalue weighted by molar-refractivity contribution is 6.06. The average Bonchev–Trinajstić information content (AvgIpc) is 3.17. The van der Waals surface area contributed by atoms with Crippen molar-refractivity contribution < 1.29 is 14.4 Å². The van der Waals surface area contributed by atoms with Crippen molar-refractivity contribution in [2.45, 2.75) is 51.1 Å². The zero-order chi connectivity index (χ0) is 14.8. The molecule has 112 valence electrons. The van der Waals surface area contributed by atoms with Crippen LogP contribution in [0.4, 0.5) is 9.59 Å². The third-order valence-corrected chi connectivity index (χ3v) is 3.81. The Hall–Kier alpha value is -1.79. The molecule has 1 aliphatic carbocycles. The molecule has 1 heterocycles. The second-order valence-electron chi connectivity index (χ2n) is 5.60. The number of carbonyl (C=O) groups excluding carboxylic acids is 3. The molecule has 2 aliphatic rings. The standard InChI is InChI=1S/C13H22N4O3/c1-3-13(2)10(18)17(12(20)16-13)8-4-7-14-11(19)15-9-5-6-9/h9H,3-8H2,1-2H3,(H,16,20)(H2,14,15,19)/t13-/m0/s1. The molecular formula is C13H22N4O3. The summed E-state index contributed by atoms with van der Waals surface area (Å²) in [5.74, 6) is -0.188. The maximum atomic E-state index is 12.1. The highest BCUT2D eigenvalue weighted by Gasteiger charge is 2.45. The minimum atomic E-state index is -0.784. The van der Waals surface area contributed by atoms with Crippen molar-refractivity contribution in [1.82, 2.24) is 20.9 Å². The molecule has 7 nitrogen and oxygen atoms in total. The van der Waals surface area contributed by atoms with Gasteiger partial charge < -0.3 is 16.0 Å². The van der Waals surface area contributed by atoms with Crippen molar-refractivity contribution in [1.29, 1.82) is 0 Å². The number of amides is 5. The van der Waals surface area contributed by atoms with Crippen molar-refractivity contribution >= 4 is 18.0 Å². The van der Waals surface area contributed by atoms with E-state index in [-0.39, 0.29) is 18.0 Å². The fourth-order valence-corrected chi connectivity index (χ4v) is 2.09. The normalized spacial score (nSPS) is 25.6. The zero-order valence-corrected chi connectivity index (χ0v) is 12.0. The topological polar surface area (TPSA) is 90.5 Å². The van der Waals surface area contributed by atoms with E-state index in [1.807, 2.05) is 6.92 Å². The molecule has 0 bridgehead atoms. The Labute approximate surface area is 118 Å². The smallest absolute Gasteiger partial charge is 0.325 e. The van der Waals surface area contributed by atoms with Crippen LogP contribution in [0.5, 0.6) is 0 Å². The summed E-state index contributed by atoms with van der Waals surface area (Å²) in [6.45, 7) is 4.36. The van der Waals surface area contributed by atoms with Crippen LogP contribution in [-0.4, -0.2) is 47.5 Å². The number of hydrogen-bond donors (Lipinski definition) is 3. The van der Waals surface area contributed by atoms with E-state index in [4.69, 9.17) is 0 Å². The largest absolute Gasteiger partial charge is 0.338 e. The highest BCUT2D eigenvalue weighted by Crippen LogP contribution is 2.20. The van der Waals surface area contributed by atoms with Gasteiger partial charge in [-0.05, 0) is 32.6 Å². The first-order valence-electron chi connectivity index (χ1n) is 7.15. The molecule has 1 saturated heterocycles. The van der Waals surface area contributed by atoms with E-state index in [0.29, 0.717) is 32.0 Å². The van der Waals surface area contributed by atoms with Crippen LogP contribution in [0.15, 0.2) is 0 Å². The Bertz CT molecular complexity index is 422. The zero-order valence-electron chi connectivity index (χ0n) is 12.0. The van der Waals surface area contributed by atoms with Crippen molar-refractivity contribution in [3.63, 3.8) is 0 Å². The van der Waals surface area contributed by atoms with Gasteiger partial charge in [-0.3, -0.25) is 9.69 Å². The molecule has 2 rings (SSSR count). The minimum absolute atomic E-state index is 0.178. The molecule has 0 unspecified atom stereocenters. The number of imide groups is 1. The SMILES string of the molecule is CC[C@]1(C)NC(=O)N(CCCNC(=O)NC2CC2)C1=O. The van der Waals surface area contributed by atoms with Gasteiger partial charge in [-0.2, -0.15) is 0 Å². The first kappa shape index (κ1) is 14.6. The van der Waals surface area contributed by atoms with Gasteiger partial charge in [-0.1, -0.05) is 6.92 Å². The molecule has 20 heavy (non-hydrogen) atoms. The highest BCUT2D eigenvalue weighted by atomic mass is 16.2. The summed E-state index contributed by atoms with van der Waals surface area (Å²) in [6, 6.07) is -0.198. The molecule has 0 spiro atoms. The van der Waals surface area contributed by atoms with Gasteiger partial charge in [0, 0.05) is 19.1 Å². The Morgan fingerprint density at radius 2 is 2.15 bits per heavy atom. The van der Waals surface area contributed by atoms with Crippen molar-refractivity contribution in [2.24, 2.45) is 0 Å². The number of rotatable bonds is 6. The van der Waals surface area contributed by atoms with E-state index in [1.165, 1.54) is 4.90 Å². The average molecular weight is 282 g/mol. The Kier molecular flexibility index (Phi) is 4.15. The second-order valence-corrected chi connectivity index (χ2v) is 5.60. The van der Waals surface area contributed by atoms with Crippen molar-refractivity contribution in [3.05, 3.63) is 0 Å². The fourth-order valence-electron chi connectivity index (χ4n) is 2.09. The first-order chi connectivity index (χ1) is 9.46. The molecule has 2 fully saturated rings. The molecule has 0 radical (unpaired) electrons. The second kappa shape index (κ2) is 5.68. The number of urea groups is 2. The number of nitrogens with zero attached hydrogens (tertiary/aromatic N) is 1. The third kappa shape index (κ3) is 3.20. The maximum Gasteiger partial charge on any atom is 0.325 e. The lowest BCUT2D eigenvalue weighted by Gasteiger charge is -2.19. The van der Waals surface area contributed by atoms with E-state index in [9.17, 15) is 14.4 Å². The van der Waals surface area contributed by atoms with Gasteiger partial charge in [0.2, 0.25) is 0 Å². The van der Waals surface area contributed by atoms with Gasteiger partial charge in [0.1, 0.15) is 5.54 Å². The third-order valence-electron chi connectivity index (χ3n) is 3.81. The molecule has 5 amide bonds. The van der Waals surface area contributed by atoms with Gasteiger partial charge in [0.05, 0.1) is 0 Å². The van der Waals surface area contributed by atoms with E-state index in [0.717, 1.165) is 12.8 Å². The van der Waals surface area contributed by atoms with Crippen LogP contribution in [0.3, 0.4) is 0 Å². The molecule has 1 aliphatic heterocycles. The molecule has 0 aromatic rings. The van der Waals surface area contributed by atoms with Crippen molar-refractivity contribution in [3.8, 4) is 0 Å². The van der Waals surface area contributed by atoms with Crippen LogP contribution in [0, 0.1) is 0 Å². The van der Waals surface area contributed by atoms with Crippen LogP contribution in [0.2, 0.25) is 0 Å². The summed E-state index contributed by atoms with van der Waals surface area (Å²) in [7, 11) is 0. The van der Waals surface area contributed by atoms with Gasteiger partial charge in [-0.25, -0.2) is 9.59 Å². The van der Waals surface area contributed by atoms with Crippen LogP contribution in [0.25, 0.3) is 0 Å². The van der Waals surface area contributed by atoms with Gasteiger partial charge in [0.25, 0.3) is 5.91 Å². The van der Waals surface area contributed by atoms with E-state index >= 15 is 0 Å². The first-order valence-corrected chi connectivity index (χ1v) is 7.15. The van der Waals surface area contributed by atoms with E-state index in [2.05, 4.69) is 16.0 Å². The summed E-state index contributed by atoms with van der Waals surface area (Å²) in [5.41, 5.74) is -0.784. The van der Waals surface area contributed by atoms with Crippen LogP contribution in [-0.2, 0) is 4.79 Å². The van der Waals surface area contributed by atoms with Gasteiger partial charge in [0.15, 0.2) is 0 Å². The summed E-state index contributed by atoms with van der Waals surface area (Å²) < 4.78 is 0. The predicted molar refractivity (Wildman–Crippen MR) is 73.1 cm³/mol. The Morgan fingerprint density at radius 1 is 1.45 bits per heavy atom. The van der Waals surface area contributed by atoms with Gasteiger partial charge >= 0.3 is 12.1 Å². The van der Waals surface area contributed by atoms with Crippen LogP contribution < -0.4 is 16.0 Å². The van der Waals surface area contributed by atoms with Crippen LogP contribution >= 0.6 is 0 Å². The Morgan fingerprint density at radius 3 is 2.70 bits per heavy atom. The van der Waals surface area contributed by atoms with Crippen molar-refractivity contribution in [2.75, 3.05) is 13.1 Å². The molecule has 3 N–H and O–H groups in total. The molecule has 0 aromatic heterocycles. The lowest BCUT2D eigenvalue weighted by Crippen LogP contribution is -2.43. The molecular weight excluding hydrogens is 260 g/mol. The number of carbonyl (C=O) groups is 3. The quantitative estimate of drug-likeness (QED) is 0.491. The maximum absolute atomic E-state index is 12.1. The predicted octanol–water partition coefficient (Wildman–Crippen LogP) is 0.559. The lowest BCUT2D eigenvalue weighted by molar-refractivity contribution is -0.130. The summed E-state index contributed by atoms with van der Waals surface area (Å²) in [6.07, 6.45) is 3.21.